The summed E-state index contributed by atoms with van der Waals surface area (Å²) in [6.45, 7) is 7.60. The molecule has 12 heteroatoms. The topological polar surface area (TPSA) is 125 Å². The van der Waals surface area contributed by atoms with Crippen LogP contribution in [0.3, 0.4) is 0 Å². The molecule has 2 fully saturated rings. The highest BCUT2D eigenvalue weighted by Gasteiger charge is 2.47. The van der Waals surface area contributed by atoms with E-state index < -0.39 is 41.9 Å². The predicted molar refractivity (Wildman–Crippen MR) is 201 cm³/mol. The number of likely N-dealkylation sites (tertiary alicyclic amines) is 1. The number of imidazole rings is 2. The van der Waals surface area contributed by atoms with Crippen molar-refractivity contribution in [2.75, 3.05) is 13.2 Å². The molecule has 3 atom stereocenters. The van der Waals surface area contributed by atoms with Crippen LogP contribution in [0.2, 0.25) is 0 Å². The van der Waals surface area contributed by atoms with E-state index in [0.717, 1.165) is 57.9 Å². The largest absolute Gasteiger partial charge is 0.445 e. The zero-order valence-corrected chi connectivity index (χ0v) is 31.0. The maximum atomic E-state index is 13.7. The van der Waals surface area contributed by atoms with Gasteiger partial charge < -0.3 is 24.8 Å². The molecule has 3 aromatic carbocycles. The number of hydrogen-bond acceptors (Lipinski definition) is 6. The Morgan fingerprint density at radius 2 is 1.52 bits per heavy atom. The third-order valence-electron chi connectivity index (χ3n) is 10.4. The summed E-state index contributed by atoms with van der Waals surface area (Å²) < 4.78 is 38.5. The average Bonchev–Trinajstić information content (AvgIpc) is 3.96. The first-order valence-corrected chi connectivity index (χ1v) is 18.4. The van der Waals surface area contributed by atoms with Crippen molar-refractivity contribution in [3.63, 3.8) is 0 Å². The van der Waals surface area contributed by atoms with E-state index in [2.05, 4.69) is 37.4 Å². The fraction of sp³-hybridized carbons (Fsp3) is 0.381. The predicted octanol–water partition coefficient (Wildman–Crippen LogP) is 9.02. The maximum Gasteiger partial charge on any atom is 0.410 e. The third kappa shape index (κ3) is 8.08. The van der Waals surface area contributed by atoms with Gasteiger partial charge in [0, 0.05) is 13.0 Å². The quantitative estimate of drug-likeness (QED) is 0.139. The normalized spacial score (nSPS) is 20.4. The molecule has 5 aromatic rings. The zero-order chi connectivity index (χ0) is 38.1. The first-order valence-electron chi connectivity index (χ1n) is 18.4. The number of H-pyrrole nitrogens is 2. The molecule has 2 aromatic heterocycles. The minimum absolute atomic E-state index is 0.0693. The second-order valence-electron chi connectivity index (χ2n) is 15.6. The van der Waals surface area contributed by atoms with Crippen LogP contribution in [0.25, 0.3) is 33.6 Å². The van der Waals surface area contributed by atoms with Gasteiger partial charge in [0.1, 0.15) is 30.5 Å². The average molecular weight is 737 g/mol. The second kappa shape index (κ2) is 14.8. The number of nitrogens with one attached hydrogen (secondary N) is 3. The zero-order valence-electron chi connectivity index (χ0n) is 31.0. The van der Waals surface area contributed by atoms with E-state index >= 15 is 0 Å². The van der Waals surface area contributed by atoms with Gasteiger partial charge in [-0.05, 0) is 59.4 Å². The van der Waals surface area contributed by atoms with Crippen LogP contribution < -0.4 is 5.32 Å². The molecule has 7 rings (SSSR count). The van der Waals surface area contributed by atoms with Gasteiger partial charge in [-0.2, -0.15) is 0 Å². The molecule has 0 radical (unpaired) electrons. The summed E-state index contributed by atoms with van der Waals surface area (Å²) in [4.78, 5) is 44.1. The fourth-order valence-electron chi connectivity index (χ4n) is 7.03. The molecule has 282 valence electrons. The van der Waals surface area contributed by atoms with E-state index in [4.69, 9.17) is 9.47 Å². The van der Waals surface area contributed by atoms with Gasteiger partial charge in [-0.25, -0.2) is 23.5 Å². The number of hydrogen-bond donors (Lipinski definition) is 3. The molecule has 0 saturated carbocycles. The highest BCUT2D eigenvalue weighted by Crippen LogP contribution is 2.38. The Labute approximate surface area is 313 Å². The molecule has 2 aliphatic rings. The number of aromatic amines is 2. The number of amides is 2. The first kappa shape index (κ1) is 37.0. The molecule has 0 spiro atoms. The number of carbonyl (C=O) groups excluding carboxylic acids is 2. The number of nitrogens with zero attached hydrogens (tertiary/aromatic N) is 3. The van der Waals surface area contributed by atoms with Gasteiger partial charge in [-0.1, -0.05) is 99.6 Å². The summed E-state index contributed by atoms with van der Waals surface area (Å²) >= 11 is 0. The van der Waals surface area contributed by atoms with Crippen LogP contribution >= 0.6 is 0 Å². The van der Waals surface area contributed by atoms with Gasteiger partial charge in [0.2, 0.25) is 0 Å². The molecule has 2 amide bonds. The monoisotopic (exact) mass is 736 g/mol. The number of ether oxygens (including phenoxy) is 2. The minimum atomic E-state index is -2.93. The Hall–Kier alpha value is -5.36. The summed E-state index contributed by atoms with van der Waals surface area (Å²) in [5.74, 6) is -2.04. The number of benzene rings is 3. The van der Waals surface area contributed by atoms with Gasteiger partial charge in [0.25, 0.3) is 11.8 Å². The van der Waals surface area contributed by atoms with Crippen molar-refractivity contribution >= 4 is 12.0 Å². The lowest BCUT2D eigenvalue weighted by molar-refractivity contribution is -0.190. The minimum Gasteiger partial charge on any atom is -0.445 e. The number of alkyl halides is 2. The van der Waals surface area contributed by atoms with E-state index in [-0.39, 0.29) is 25.2 Å². The lowest BCUT2D eigenvalue weighted by Gasteiger charge is -2.38. The Bertz CT molecular complexity index is 2060. The smallest absolute Gasteiger partial charge is 0.410 e. The molecule has 3 N–H and O–H groups in total. The fourth-order valence-corrected chi connectivity index (χ4v) is 7.03. The van der Waals surface area contributed by atoms with Crippen molar-refractivity contribution in [2.45, 2.75) is 83.6 Å². The summed E-state index contributed by atoms with van der Waals surface area (Å²) in [5, 5.41) is 3.02. The second-order valence-corrected chi connectivity index (χ2v) is 15.6. The lowest BCUT2D eigenvalue weighted by Crippen LogP contribution is -2.54. The number of aromatic nitrogens is 4. The molecule has 4 heterocycles. The summed E-state index contributed by atoms with van der Waals surface area (Å²) in [7, 11) is 0. The van der Waals surface area contributed by atoms with E-state index in [1.165, 1.54) is 0 Å². The Balaban J connectivity index is 0.988. The van der Waals surface area contributed by atoms with Crippen LogP contribution in [0.1, 0.15) is 82.7 Å². The van der Waals surface area contributed by atoms with Crippen molar-refractivity contribution in [2.24, 2.45) is 5.41 Å². The van der Waals surface area contributed by atoms with Crippen LogP contribution in [-0.2, 0) is 20.9 Å². The van der Waals surface area contributed by atoms with Gasteiger partial charge in [-0.15, -0.1) is 0 Å². The van der Waals surface area contributed by atoms with Crippen LogP contribution in [0.4, 0.5) is 13.6 Å². The highest BCUT2D eigenvalue weighted by molar-refractivity contribution is 5.85. The molecular formula is C42H46F2N6O4. The molecule has 2 saturated heterocycles. The summed E-state index contributed by atoms with van der Waals surface area (Å²) in [6.07, 6.45) is 4.44. The number of carbonyl (C=O) groups is 2. The van der Waals surface area contributed by atoms with Crippen molar-refractivity contribution in [1.29, 1.82) is 0 Å². The SMILES string of the molecule is CC(C)(C)[C@H](NC(=O)[C@@]1(C)CCC(F)(F)CO1)c1ncc(-c2ccc(-c3ccc(-c4cnc([C@@H]5CCCN5C(=O)OCc5ccccc5)[nH]4)cc3)cc2)[nH]1. The summed E-state index contributed by atoms with van der Waals surface area (Å²) in [6, 6.07) is 25.3. The lowest BCUT2D eigenvalue weighted by atomic mass is 9.85. The standard InChI is InChI=1S/C42H46F2N6O4/c1-40(2,3)35(49-38(51)41(4)20-21-42(43,44)26-54-41)37-46-24-33(48-37)31-18-14-29(15-19-31)28-12-16-30(17-13-28)32-23-45-36(47-32)34-11-8-22-50(34)39(52)53-25-27-9-6-5-7-10-27/h5-7,9-10,12-19,23-24,34-35H,8,11,20-22,25-26H2,1-4H3,(H,45,47)(H,46,48)(H,49,51)/t34-,35+,41+/m0/s1. The van der Waals surface area contributed by atoms with Crippen LogP contribution in [-0.4, -0.2) is 61.5 Å². The number of rotatable bonds is 9. The van der Waals surface area contributed by atoms with Crippen molar-refractivity contribution in [3.8, 4) is 33.6 Å². The molecule has 0 aliphatic carbocycles. The molecule has 54 heavy (non-hydrogen) atoms. The van der Waals surface area contributed by atoms with E-state index in [1.807, 2.05) is 93.7 Å². The maximum absolute atomic E-state index is 13.7. The Kier molecular flexibility index (Phi) is 10.1. The van der Waals surface area contributed by atoms with Gasteiger partial charge in [0.15, 0.2) is 0 Å². The van der Waals surface area contributed by atoms with Crippen LogP contribution in [0, 0.1) is 5.41 Å². The van der Waals surface area contributed by atoms with Crippen molar-refractivity contribution in [3.05, 3.63) is 108 Å². The number of halogens is 2. The molecule has 0 unspecified atom stereocenters. The van der Waals surface area contributed by atoms with Crippen LogP contribution in [0.5, 0.6) is 0 Å². The Morgan fingerprint density at radius 1 is 0.907 bits per heavy atom. The van der Waals surface area contributed by atoms with Crippen molar-refractivity contribution < 1.29 is 27.8 Å². The first-order chi connectivity index (χ1) is 25.8. The van der Waals surface area contributed by atoms with Gasteiger partial charge >= 0.3 is 6.09 Å². The molecule has 0 bridgehead atoms. The van der Waals surface area contributed by atoms with Crippen molar-refractivity contribution in [1.82, 2.24) is 30.2 Å². The van der Waals surface area contributed by atoms with Gasteiger partial charge in [0.05, 0.1) is 35.9 Å². The molecular weight excluding hydrogens is 690 g/mol. The van der Waals surface area contributed by atoms with E-state index in [1.54, 1.807) is 18.0 Å². The molecule has 2 aliphatic heterocycles. The van der Waals surface area contributed by atoms with Gasteiger partial charge in [-0.3, -0.25) is 9.69 Å². The summed E-state index contributed by atoms with van der Waals surface area (Å²) in [5.41, 5.74) is 4.83. The van der Waals surface area contributed by atoms with E-state index in [0.29, 0.717) is 12.4 Å². The third-order valence-corrected chi connectivity index (χ3v) is 10.4. The highest BCUT2D eigenvalue weighted by atomic mass is 19.3. The van der Waals surface area contributed by atoms with E-state index in [9.17, 15) is 18.4 Å². The molecule has 10 nitrogen and oxygen atoms in total. The van der Waals surface area contributed by atoms with Crippen LogP contribution in [0.15, 0.2) is 91.3 Å². The Morgan fingerprint density at radius 3 is 2.13 bits per heavy atom.